The van der Waals surface area contributed by atoms with Crippen molar-refractivity contribution in [3.63, 3.8) is 0 Å². The highest BCUT2D eigenvalue weighted by molar-refractivity contribution is 5.79. The number of ether oxygens (including phenoxy) is 3. The maximum atomic E-state index is 5.58. The minimum atomic E-state index is 0.138. The van der Waals surface area contributed by atoms with E-state index in [0.717, 1.165) is 60.7 Å². The molecule has 0 amide bonds. The summed E-state index contributed by atoms with van der Waals surface area (Å²) in [5.41, 5.74) is 4.54. The third-order valence-electron chi connectivity index (χ3n) is 6.06. The molecule has 9 heteroatoms. The van der Waals surface area contributed by atoms with Crippen LogP contribution in [0.1, 0.15) is 28.6 Å². The highest BCUT2D eigenvalue weighted by Gasteiger charge is 2.24. The Bertz CT molecular complexity index is 921. The van der Waals surface area contributed by atoms with Gasteiger partial charge in [0.25, 0.3) is 0 Å². The Morgan fingerprint density at radius 2 is 1.88 bits per heavy atom. The number of aliphatic imine (C=N–C) groups is 1. The van der Waals surface area contributed by atoms with Crippen molar-refractivity contribution in [1.29, 1.82) is 0 Å². The van der Waals surface area contributed by atoms with Gasteiger partial charge >= 0.3 is 0 Å². The summed E-state index contributed by atoms with van der Waals surface area (Å²) in [6.07, 6.45) is 0. The summed E-state index contributed by atoms with van der Waals surface area (Å²) in [7, 11) is 7.07. The van der Waals surface area contributed by atoms with E-state index in [1.165, 1.54) is 5.56 Å². The van der Waals surface area contributed by atoms with Crippen LogP contribution in [0.4, 0.5) is 0 Å². The Balaban J connectivity index is 1.72. The van der Waals surface area contributed by atoms with E-state index in [0.29, 0.717) is 13.1 Å². The Morgan fingerprint density at radius 3 is 2.47 bits per heavy atom. The van der Waals surface area contributed by atoms with Crippen LogP contribution in [0.25, 0.3) is 0 Å². The minimum absolute atomic E-state index is 0.138. The first kappa shape index (κ1) is 23.9. The largest absolute Gasteiger partial charge is 0.493 e. The number of hydrogen-bond acceptors (Lipinski definition) is 6. The summed E-state index contributed by atoms with van der Waals surface area (Å²) in [4.78, 5) is 6.85. The number of hydrogen-bond donors (Lipinski definition) is 2. The summed E-state index contributed by atoms with van der Waals surface area (Å²) in [6.45, 7) is 8.70. The van der Waals surface area contributed by atoms with Crippen LogP contribution in [0.2, 0.25) is 0 Å². The Morgan fingerprint density at radius 1 is 1.16 bits per heavy atom. The zero-order chi connectivity index (χ0) is 23.1. The zero-order valence-corrected chi connectivity index (χ0v) is 20.1. The smallest absolute Gasteiger partial charge is 0.191 e. The van der Waals surface area contributed by atoms with Gasteiger partial charge in [0.15, 0.2) is 17.5 Å². The summed E-state index contributed by atoms with van der Waals surface area (Å²) in [5.74, 6) is 2.21. The molecule has 0 aliphatic carbocycles. The van der Waals surface area contributed by atoms with Gasteiger partial charge in [0, 0.05) is 51.5 Å². The van der Waals surface area contributed by atoms with Crippen molar-refractivity contribution in [2.75, 3.05) is 54.1 Å². The lowest BCUT2D eigenvalue weighted by molar-refractivity contribution is 0.0169. The maximum Gasteiger partial charge on any atom is 0.191 e. The second-order valence-corrected chi connectivity index (χ2v) is 7.86. The number of morpholine rings is 1. The molecule has 176 valence electrons. The van der Waals surface area contributed by atoms with Gasteiger partial charge in [0.05, 0.1) is 39.2 Å². The first-order chi connectivity index (χ1) is 15.5. The summed E-state index contributed by atoms with van der Waals surface area (Å²) in [5, 5.41) is 11.4. The molecule has 0 bridgehead atoms. The molecule has 3 rings (SSSR count). The first-order valence-corrected chi connectivity index (χ1v) is 11.0. The molecule has 1 aromatic carbocycles. The molecule has 1 atom stereocenters. The lowest BCUT2D eigenvalue weighted by atomic mass is 10.0. The topological polar surface area (TPSA) is 85.2 Å². The predicted molar refractivity (Wildman–Crippen MR) is 126 cm³/mol. The molecular formula is C23H36N6O3. The van der Waals surface area contributed by atoms with Crippen molar-refractivity contribution in [3.05, 3.63) is 40.7 Å². The van der Waals surface area contributed by atoms with Crippen molar-refractivity contribution in [2.45, 2.75) is 26.4 Å². The van der Waals surface area contributed by atoms with Crippen LogP contribution in [-0.4, -0.2) is 74.8 Å². The van der Waals surface area contributed by atoms with Crippen molar-refractivity contribution in [3.8, 4) is 11.5 Å². The molecule has 1 fully saturated rings. The van der Waals surface area contributed by atoms with Crippen LogP contribution in [-0.2, 0) is 18.3 Å². The standard InChI is InChI=1S/C23H36N6O3/c1-16-19(17(2)28(4)27-16)14-25-23(24-3)26-15-20(29-9-11-32-12-10-29)18-7-8-21(30-5)22(13-18)31-6/h7-8,13,20H,9-12,14-15H2,1-6H3,(H2,24,25,26). The number of benzene rings is 1. The third kappa shape index (κ3) is 5.52. The van der Waals surface area contributed by atoms with Crippen LogP contribution in [0.5, 0.6) is 11.5 Å². The molecule has 2 N–H and O–H groups in total. The van der Waals surface area contributed by atoms with E-state index >= 15 is 0 Å². The van der Waals surface area contributed by atoms with Gasteiger partial charge in [-0.05, 0) is 31.5 Å². The summed E-state index contributed by atoms with van der Waals surface area (Å²) >= 11 is 0. The zero-order valence-electron chi connectivity index (χ0n) is 20.1. The van der Waals surface area contributed by atoms with Crippen LogP contribution >= 0.6 is 0 Å². The molecule has 0 spiro atoms. The van der Waals surface area contributed by atoms with Crippen molar-refractivity contribution in [2.24, 2.45) is 12.0 Å². The Hall–Kier alpha value is -2.78. The van der Waals surface area contributed by atoms with E-state index < -0.39 is 0 Å². The SMILES string of the molecule is CN=C(NCc1c(C)nn(C)c1C)NCC(c1ccc(OC)c(OC)c1)N1CCOCC1. The highest BCUT2D eigenvalue weighted by Crippen LogP contribution is 2.32. The lowest BCUT2D eigenvalue weighted by Crippen LogP contribution is -2.46. The van der Waals surface area contributed by atoms with Crippen molar-refractivity contribution < 1.29 is 14.2 Å². The first-order valence-electron chi connectivity index (χ1n) is 11.0. The average molecular weight is 445 g/mol. The number of nitrogens with zero attached hydrogens (tertiary/aromatic N) is 4. The van der Waals surface area contributed by atoms with E-state index in [9.17, 15) is 0 Å². The van der Waals surface area contributed by atoms with Crippen molar-refractivity contribution >= 4 is 5.96 Å². The molecule has 0 radical (unpaired) electrons. The molecule has 1 saturated heterocycles. The molecule has 2 aromatic rings. The number of rotatable bonds is 8. The quantitative estimate of drug-likeness (QED) is 0.474. The second kappa shape index (κ2) is 11.2. The molecule has 9 nitrogen and oxygen atoms in total. The van der Waals surface area contributed by atoms with Gasteiger partial charge in [-0.25, -0.2) is 0 Å². The number of aryl methyl sites for hydroxylation is 2. The number of methoxy groups -OCH3 is 2. The van der Waals surface area contributed by atoms with E-state index in [-0.39, 0.29) is 6.04 Å². The molecule has 1 aliphatic heterocycles. The van der Waals surface area contributed by atoms with E-state index in [2.05, 4.69) is 44.7 Å². The van der Waals surface area contributed by atoms with Gasteiger partial charge in [0.1, 0.15) is 0 Å². The monoisotopic (exact) mass is 444 g/mol. The predicted octanol–water partition coefficient (Wildman–Crippen LogP) is 1.79. The maximum absolute atomic E-state index is 5.58. The van der Waals surface area contributed by atoms with Crippen LogP contribution in [0, 0.1) is 13.8 Å². The molecular weight excluding hydrogens is 408 g/mol. The molecule has 1 aromatic heterocycles. The molecule has 1 unspecified atom stereocenters. The highest BCUT2D eigenvalue weighted by atomic mass is 16.5. The third-order valence-corrected chi connectivity index (χ3v) is 6.06. The second-order valence-electron chi connectivity index (χ2n) is 7.86. The average Bonchev–Trinajstić information content (AvgIpc) is 3.07. The molecule has 0 saturated carbocycles. The lowest BCUT2D eigenvalue weighted by Gasteiger charge is -2.35. The summed E-state index contributed by atoms with van der Waals surface area (Å²) < 4.78 is 18.4. The number of aromatic nitrogens is 2. The molecule has 1 aliphatic rings. The van der Waals surface area contributed by atoms with Crippen molar-refractivity contribution in [1.82, 2.24) is 25.3 Å². The summed E-state index contributed by atoms with van der Waals surface area (Å²) in [6, 6.07) is 6.25. The van der Waals surface area contributed by atoms with Gasteiger partial charge < -0.3 is 24.8 Å². The fourth-order valence-corrected chi connectivity index (χ4v) is 4.07. The molecule has 32 heavy (non-hydrogen) atoms. The van der Waals surface area contributed by atoms with Gasteiger partial charge in [0.2, 0.25) is 0 Å². The minimum Gasteiger partial charge on any atom is -0.493 e. The number of nitrogens with one attached hydrogen (secondary N) is 2. The fraction of sp³-hybridized carbons (Fsp3) is 0.565. The van der Waals surface area contributed by atoms with E-state index in [4.69, 9.17) is 14.2 Å². The van der Waals surface area contributed by atoms with E-state index in [1.54, 1.807) is 21.3 Å². The van der Waals surface area contributed by atoms with Gasteiger partial charge in [-0.3, -0.25) is 14.6 Å². The molecule has 2 heterocycles. The van der Waals surface area contributed by atoms with Gasteiger partial charge in [-0.1, -0.05) is 6.07 Å². The Labute approximate surface area is 190 Å². The Kier molecular flexibility index (Phi) is 8.35. The van der Waals surface area contributed by atoms with Crippen LogP contribution in [0.15, 0.2) is 23.2 Å². The van der Waals surface area contributed by atoms with Gasteiger partial charge in [-0.15, -0.1) is 0 Å². The number of guanidine groups is 1. The normalized spacial score (nSPS) is 16.0. The van der Waals surface area contributed by atoms with Crippen LogP contribution < -0.4 is 20.1 Å². The fourth-order valence-electron chi connectivity index (χ4n) is 4.07. The van der Waals surface area contributed by atoms with E-state index in [1.807, 2.05) is 24.7 Å². The van der Waals surface area contributed by atoms with Crippen LogP contribution in [0.3, 0.4) is 0 Å². The van der Waals surface area contributed by atoms with Gasteiger partial charge in [-0.2, -0.15) is 5.10 Å².